The lowest BCUT2D eigenvalue weighted by atomic mass is 10.1. The number of nitrogens with one attached hydrogen (secondary N) is 1. The molecule has 0 aliphatic rings. The molecule has 0 fully saturated rings. The average Bonchev–Trinajstić information content (AvgIpc) is 2.63. The molecule has 1 N–H and O–H groups in total. The van der Waals surface area contributed by atoms with E-state index in [4.69, 9.17) is 14.2 Å². The molecule has 0 aliphatic heterocycles. The van der Waals surface area contributed by atoms with E-state index < -0.39 is 0 Å². The number of hydrazone groups is 1. The van der Waals surface area contributed by atoms with Gasteiger partial charge in [0.25, 0.3) is 0 Å². The van der Waals surface area contributed by atoms with Gasteiger partial charge in [0.1, 0.15) is 5.75 Å². The average molecular weight is 421 g/mol. The van der Waals surface area contributed by atoms with E-state index in [0.717, 1.165) is 21.3 Å². The first-order chi connectivity index (χ1) is 12.6. The Bertz CT molecular complexity index is 776. The highest BCUT2D eigenvalue weighted by Gasteiger charge is 2.09. The maximum atomic E-state index is 12.0. The summed E-state index contributed by atoms with van der Waals surface area (Å²) in [5.74, 6) is 1.76. The van der Waals surface area contributed by atoms with Crippen LogP contribution in [0.4, 0.5) is 0 Å². The zero-order valence-corrected chi connectivity index (χ0v) is 16.5. The first-order valence-corrected chi connectivity index (χ1v) is 8.81. The van der Waals surface area contributed by atoms with Gasteiger partial charge >= 0.3 is 0 Å². The van der Waals surface area contributed by atoms with Crippen LogP contribution in [0.5, 0.6) is 17.2 Å². The Labute approximate surface area is 161 Å². The van der Waals surface area contributed by atoms with Crippen molar-refractivity contribution in [3.05, 3.63) is 52.0 Å². The summed E-state index contributed by atoms with van der Waals surface area (Å²) in [5.41, 5.74) is 4.16. The highest BCUT2D eigenvalue weighted by atomic mass is 79.9. The fourth-order valence-corrected chi connectivity index (χ4v) is 2.91. The first-order valence-electron chi connectivity index (χ1n) is 8.02. The van der Waals surface area contributed by atoms with E-state index in [9.17, 15) is 4.79 Å². The van der Waals surface area contributed by atoms with Gasteiger partial charge in [-0.05, 0) is 58.2 Å². The Balaban J connectivity index is 1.95. The molecule has 0 aliphatic carbocycles. The summed E-state index contributed by atoms with van der Waals surface area (Å²) in [6.45, 7) is 2.54. The number of hydrogen-bond acceptors (Lipinski definition) is 5. The zero-order chi connectivity index (χ0) is 18.9. The largest absolute Gasteiger partial charge is 0.494 e. The van der Waals surface area contributed by atoms with E-state index in [1.807, 2.05) is 37.3 Å². The van der Waals surface area contributed by atoms with Crippen molar-refractivity contribution in [1.82, 2.24) is 5.43 Å². The number of amides is 1. The van der Waals surface area contributed by atoms with E-state index in [1.54, 1.807) is 26.5 Å². The Morgan fingerprint density at radius 3 is 2.54 bits per heavy atom. The minimum Gasteiger partial charge on any atom is -0.494 e. The Morgan fingerprint density at radius 2 is 1.92 bits per heavy atom. The molecule has 2 rings (SSSR count). The number of carbonyl (C=O) groups excluding carboxylic acids is 1. The number of nitrogens with zero attached hydrogens (tertiary/aromatic N) is 1. The van der Waals surface area contributed by atoms with Crippen molar-refractivity contribution in [2.45, 2.75) is 13.3 Å². The lowest BCUT2D eigenvalue weighted by Crippen LogP contribution is -2.19. The van der Waals surface area contributed by atoms with Crippen LogP contribution in [0.25, 0.3) is 0 Å². The summed E-state index contributed by atoms with van der Waals surface area (Å²) in [5, 5.41) is 3.99. The monoisotopic (exact) mass is 420 g/mol. The van der Waals surface area contributed by atoms with Gasteiger partial charge in [-0.1, -0.05) is 12.1 Å². The molecule has 0 heterocycles. The third-order valence-corrected chi connectivity index (χ3v) is 4.05. The van der Waals surface area contributed by atoms with Crippen molar-refractivity contribution in [1.29, 1.82) is 0 Å². The van der Waals surface area contributed by atoms with Gasteiger partial charge in [-0.3, -0.25) is 4.79 Å². The molecular weight excluding hydrogens is 400 g/mol. The van der Waals surface area contributed by atoms with Gasteiger partial charge in [0, 0.05) is 0 Å². The van der Waals surface area contributed by atoms with Crippen LogP contribution < -0.4 is 19.6 Å². The fraction of sp³-hybridized carbons (Fsp3) is 0.263. The number of methoxy groups -OCH3 is 2. The van der Waals surface area contributed by atoms with Crippen molar-refractivity contribution >= 4 is 28.1 Å². The second kappa shape index (κ2) is 9.82. The molecule has 7 heteroatoms. The molecule has 6 nitrogen and oxygen atoms in total. The van der Waals surface area contributed by atoms with Crippen LogP contribution in [0, 0.1) is 0 Å². The molecule has 138 valence electrons. The van der Waals surface area contributed by atoms with Crippen LogP contribution in [0.2, 0.25) is 0 Å². The van der Waals surface area contributed by atoms with Crippen LogP contribution in [-0.2, 0) is 11.2 Å². The number of rotatable bonds is 8. The molecule has 0 radical (unpaired) electrons. The second-order valence-electron chi connectivity index (χ2n) is 5.29. The molecular formula is C19H21BrN2O4. The predicted molar refractivity (Wildman–Crippen MR) is 104 cm³/mol. The fourth-order valence-electron chi connectivity index (χ4n) is 2.29. The lowest BCUT2D eigenvalue weighted by molar-refractivity contribution is -0.120. The van der Waals surface area contributed by atoms with Crippen molar-refractivity contribution in [3.63, 3.8) is 0 Å². The third kappa shape index (κ3) is 5.49. The van der Waals surface area contributed by atoms with Crippen LogP contribution >= 0.6 is 15.9 Å². The highest BCUT2D eigenvalue weighted by Crippen LogP contribution is 2.35. The summed E-state index contributed by atoms with van der Waals surface area (Å²) in [4.78, 5) is 12.0. The van der Waals surface area contributed by atoms with E-state index in [1.165, 1.54) is 0 Å². The van der Waals surface area contributed by atoms with Gasteiger partial charge in [0.15, 0.2) is 11.5 Å². The van der Waals surface area contributed by atoms with Crippen LogP contribution in [0.3, 0.4) is 0 Å². The predicted octanol–water partition coefficient (Wildman–Crippen LogP) is 3.56. The molecule has 0 spiro atoms. The topological polar surface area (TPSA) is 69.2 Å². The first kappa shape index (κ1) is 19.8. The van der Waals surface area contributed by atoms with Gasteiger partial charge in [-0.25, -0.2) is 5.43 Å². The minimum absolute atomic E-state index is 0.204. The van der Waals surface area contributed by atoms with Gasteiger partial charge in [0.05, 0.1) is 37.9 Å². The highest BCUT2D eigenvalue weighted by molar-refractivity contribution is 9.10. The Morgan fingerprint density at radius 1 is 1.19 bits per heavy atom. The van der Waals surface area contributed by atoms with Crippen LogP contribution in [-0.4, -0.2) is 32.9 Å². The SMILES string of the molecule is CCOc1ccc(CC(=O)N/N=C/c2cc(Br)c(OC)c(OC)c2)cc1. The number of halogens is 1. The van der Waals surface area contributed by atoms with Crippen molar-refractivity contribution in [3.8, 4) is 17.2 Å². The normalized spacial score (nSPS) is 10.6. The van der Waals surface area contributed by atoms with E-state index in [2.05, 4.69) is 26.5 Å². The smallest absolute Gasteiger partial charge is 0.244 e. The molecule has 0 saturated heterocycles. The van der Waals surface area contributed by atoms with Gasteiger partial charge in [-0.2, -0.15) is 5.10 Å². The molecule has 1 amide bonds. The molecule has 0 bridgehead atoms. The second-order valence-corrected chi connectivity index (χ2v) is 6.14. The molecule has 2 aromatic rings. The van der Waals surface area contributed by atoms with Crippen LogP contribution in [0.1, 0.15) is 18.1 Å². The number of ether oxygens (including phenoxy) is 3. The van der Waals surface area contributed by atoms with E-state index >= 15 is 0 Å². The summed E-state index contributed by atoms with van der Waals surface area (Å²) < 4.78 is 16.7. The molecule has 26 heavy (non-hydrogen) atoms. The minimum atomic E-state index is -0.204. The van der Waals surface area contributed by atoms with E-state index in [0.29, 0.717) is 18.1 Å². The lowest BCUT2D eigenvalue weighted by Gasteiger charge is -2.10. The molecule has 0 atom stereocenters. The summed E-state index contributed by atoms with van der Waals surface area (Å²) in [6, 6.07) is 11.0. The van der Waals surface area contributed by atoms with Gasteiger partial charge in [0.2, 0.25) is 5.91 Å². The Hall–Kier alpha value is -2.54. The molecule has 0 unspecified atom stereocenters. The summed E-state index contributed by atoms with van der Waals surface area (Å²) in [6.07, 6.45) is 1.78. The van der Waals surface area contributed by atoms with Gasteiger partial charge < -0.3 is 14.2 Å². The standard InChI is InChI=1S/C19H21BrN2O4/c1-4-26-15-7-5-13(6-8-15)11-18(23)22-21-12-14-9-16(20)19(25-3)17(10-14)24-2/h5-10,12H,4,11H2,1-3H3,(H,22,23)/b21-12+. The number of benzene rings is 2. The molecule has 2 aromatic carbocycles. The van der Waals surface area contributed by atoms with Crippen LogP contribution in [0.15, 0.2) is 46.0 Å². The Kier molecular flexibility index (Phi) is 7.47. The summed E-state index contributed by atoms with van der Waals surface area (Å²) in [7, 11) is 3.13. The number of carbonyl (C=O) groups is 1. The van der Waals surface area contributed by atoms with Gasteiger partial charge in [-0.15, -0.1) is 0 Å². The summed E-state index contributed by atoms with van der Waals surface area (Å²) >= 11 is 3.42. The molecule has 0 saturated carbocycles. The van der Waals surface area contributed by atoms with Crippen molar-refractivity contribution < 1.29 is 19.0 Å². The maximum absolute atomic E-state index is 12.0. The maximum Gasteiger partial charge on any atom is 0.244 e. The van der Waals surface area contributed by atoms with Crippen molar-refractivity contribution in [2.75, 3.05) is 20.8 Å². The third-order valence-electron chi connectivity index (χ3n) is 3.46. The zero-order valence-electron chi connectivity index (χ0n) is 14.9. The van der Waals surface area contributed by atoms with Crippen molar-refractivity contribution in [2.24, 2.45) is 5.10 Å². The quantitative estimate of drug-likeness (QED) is 0.523. The number of hydrogen-bond donors (Lipinski definition) is 1. The van der Waals surface area contributed by atoms with E-state index in [-0.39, 0.29) is 12.3 Å². The molecule has 0 aromatic heterocycles.